The number of aromatic amines is 1. The van der Waals surface area contributed by atoms with E-state index in [1.165, 1.54) is 5.56 Å². The Labute approximate surface area is 186 Å². The summed E-state index contributed by atoms with van der Waals surface area (Å²) in [7, 11) is 3.33. The average Bonchev–Trinajstić information content (AvgIpc) is 3.22. The van der Waals surface area contributed by atoms with Crippen LogP contribution in [0.4, 0.5) is 10.5 Å². The molecule has 0 aliphatic carbocycles. The van der Waals surface area contributed by atoms with Crippen LogP contribution in [-0.4, -0.2) is 36.7 Å². The number of urea groups is 1. The van der Waals surface area contributed by atoms with Crippen molar-refractivity contribution < 1.29 is 14.3 Å². The number of amides is 2. The standard InChI is InChI=1S/C26H25N3O3/c1-31-19-10-8-17(9-11-19)25-24-21(22-16-20(32-2)12-13-23(22)28-24)14-15-29(25)26(30)27-18-6-4-3-5-7-18/h3-13,16,25,28H,14-15H2,1-2H3,(H,27,30)/t25-/m1/s1. The van der Waals surface area contributed by atoms with Gasteiger partial charge in [-0.25, -0.2) is 4.79 Å². The fraction of sp³-hybridized carbons (Fsp3) is 0.192. The van der Waals surface area contributed by atoms with Crippen molar-refractivity contribution >= 4 is 22.6 Å². The molecular weight excluding hydrogens is 402 g/mol. The first-order chi connectivity index (χ1) is 15.7. The first kappa shape index (κ1) is 20.0. The van der Waals surface area contributed by atoms with E-state index in [0.29, 0.717) is 6.54 Å². The molecule has 2 heterocycles. The third-order valence-electron chi connectivity index (χ3n) is 6.05. The molecule has 0 bridgehead atoms. The Bertz CT molecular complexity index is 1250. The number of hydrogen-bond acceptors (Lipinski definition) is 3. The molecular formula is C26H25N3O3. The normalized spacial score (nSPS) is 15.3. The molecule has 6 nitrogen and oxygen atoms in total. The smallest absolute Gasteiger partial charge is 0.322 e. The van der Waals surface area contributed by atoms with E-state index in [4.69, 9.17) is 9.47 Å². The van der Waals surface area contributed by atoms with Gasteiger partial charge in [-0.15, -0.1) is 0 Å². The van der Waals surface area contributed by atoms with Crippen molar-refractivity contribution in [3.63, 3.8) is 0 Å². The molecule has 1 aliphatic heterocycles. The first-order valence-corrected chi connectivity index (χ1v) is 10.6. The van der Waals surface area contributed by atoms with Crippen molar-refractivity contribution in [1.29, 1.82) is 0 Å². The summed E-state index contributed by atoms with van der Waals surface area (Å²) in [6.45, 7) is 0.604. The SMILES string of the molecule is COc1ccc([C@@H]2c3[nH]c4ccc(OC)cc4c3CCN2C(=O)Nc2ccccc2)cc1. The summed E-state index contributed by atoms with van der Waals surface area (Å²) >= 11 is 0. The van der Waals surface area contributed by atoms with E-state index in [2.05, 4.69) is 16.4 Å². The fourth-order valence-corrected chi connectivity index (χ4v) is 4.46. The molecule has 1 atom stereocenters. The number of rotatable bonds is 4. The van der Waals surface area contributed by atoms with Crippen LogP contribution in [0, 0.1) is 0 Å². The molecule has 0 unspecified atom stereocenters. The lowest BCUT2D eigenvalue weighted by molar-refractivity contribution is 0.193. The van der Waals surface area contributed by atoms with Crippen molar-refractivity contribution in [3.05, 3.63) is 89.6 Å². The topological polar surface area (TPSA) is 66.6 Å². The molecule has 3 aromatic carbocycles. The summed E-state index contributed by atoms with van der Waals surface area (Å²) in [4.78, 5) is 18.8. The number of nitrogens with one attached hydrogen (secondary N) is 2. The summed E-state index contributed by atoms with van der Waals surface area (Å²) in [5.41, 5.74) is 5.10. The summed E-state index contributed by atoms with van der Waals surface area (Å²) in [6, 6.07) is 23.1. The van der Waals surface area contributed by atoms with E-state index in [-0.39, 0.29) is 12.1 Å². The second-order valence-electron chi connectivity index (χ2n) is 7.84. The lowest BCUT2D eigenvalue weighted by Crippen LogP contribution is -2.43. The van der Waals surface area contributed by atoms with E-state index in [9.17, 15) is 4.79 Å². The Morgan fingerprint density at radius 1 is 0.969 bits per heavy atom. The van der Waals surface area contributed by atoms with Crippen LogP contribution in [0.2, 0.25) is 0 Å². The van der Waals surface area contributed by atoms with Crippen LogP contribution >= 0.6 is 0 Å². The number of aromatic nitrogens is 1. The molecule has 0 saturated carbocycles. The first-order valence-electron chi connectivity index (χ1n) is 10.6. The molecule has 0 fully saturated rings. The number of para-hydroxylation sites is 1. The van der Waals surface area contributed by atoms with Gasteiger partial charge < -0.3 is 24.7 Å². The molecule has 2 N–H and O–H groups in total. The predicted molar refractivity (Wildman–Crippen MR) is 126 cm³/mol. The van der Waals surface area contributed by atoms with Gasteiger partial charge in [-0.05, 0) is 60.0 Å². The number of ether oxygens (including phenoxy) is 2. The van der Waals surface area contributed by atoms with Crippen molar-refractivity contribution in [2.45, 2.75) is 12.5 Å². The largest absolute Gasteiger partial charge is 0.497 e. The quantitative estimate of drug-likeness (QED) is 0.460. The molecule has 32 heavy (non-hydrogen) atoms. The molecule has 2 amide bonds. The minimum Gasteiger partial charge on any atom is -0.497 e. The van der Waals surface area contributed by atoms with Crippen molar-refractivity contribution in [1.82, 2.24) is 9.88 Å². The number of benzene rings is 3. The van der Waals surface area contributed by atoms with Gasteiger partial charge in [-0.3, -0.25) is 0 Å². The summed E-state index contributed by atoms with van der Waals surface area (Å²) in [5, 5.41) is 4.18. The van der Waals surface area contributed by atoms with Crippen LogP contribution in [-0.2, 0) is 6.42 Å². The Hall–Kier alpha value is -3.93. The minimum absolute atomic E-state index is 0.126. The summed E-state index contributed by atoms with van der Waals surface area (Å²) < 4.78 is 10.8. The third kappa shape index (κ3) is 3.54. The fourth-order valence-electron chi connectivity index (χ4n) is 4.46. The number of H-pyrrole nitrogens is 1. The van der Waals surface area contributed by atoms with Crippen molar-refractivity contribution in [2.75, 3.05) is 26.1 Å². The summed E-state index contributed by atoms with van der Waals surface area (Å²) in [6.07, 6.45) is 0.761. The number of fused-ring (bicyclic) bond motifs is 3. The molecule has 0 spiro atoms. The van der Waals surface area contributed by atoms with Crippen LogP contribution < -0.4 is 14.8 Å². The highest BCUT2D eigenvalue weighted by Crippen LogP contribution is 2.40. The molecule has 162 valence electrons. The zero-order chi connectivity index (χ0) is 22.1. The molecule has 4 aromatic rings. The van der Waals surface area contributed by atoms with Gasteiger partial charge in [-0.2, -0.15) is 0 Å². The maximum atomic E-state index is 13.4. The van der Waals surface area contributed by atoms with Gasteiger partial charge in [0.2, 0.25) is 0 Å². The highest BCUT2D eigenvalue weighted by molar-refractivity contribution is 5.91. The van der Waals surface area contributed by atoms with Crippen molar-refractivity contribution in [3.8, 4) is 11.5 Å². The number of carbonyl (C=O) groups excluding carboxylic acids is 1. The molecule has 6 heteroatoms. The second-order valence-corrected chi connectivity index (χ2v) is 7.84. The molecule has 1 aromatic heterocycles. The van der Waals surface area contributed by atoms with Crippen LogP contribution in [0.3, 0.4) is 0 Å². The summed E-state index contributed by atoms with van der Waals surface area (Å²) in [5.74, 6) is 1.61. The maximum absolute atomic E-state index is 13.4. The lowest BCUT2D eigenvalue weighted by atomic mass is 9.92. The van der Waals surface area contributed by atoms with Gasteiger partial charge in [0.15, 0.2) is 0 Å². The van der Waals surface area contributed by atoms with Gasteiger partial charge in [-0.1, -0.05) is 30.3 Å². The zero-order valence-electron chi connectivity index (χ0n) is 18.1. The van der Waals surface area contributed by atoms with E-state index < -0.39 is 0 Å². The Kier molecular flexibility index (Phi) is 5.19. The Balaban J connectivity index is 1.59. The number of carbonyl (C=O) groups is 1. The second kappa shape index (κ2) is 8.30. The van der Waals surface area contributed by atoms with Gasteiger partial charge in [0, 0.05) is 28.8 Å². The van der Waals surface area contributed by atoms with Gasteiger partial charge in [0.05, 0.1) is 20.3 Å². The zero-order valence-corrected chi connectivity index (χ0v) is 18.1. The van der Waals surface area contributed by atoms with Gasteiger partial charge in [0.1, 0.15) is 11.5 Å². The minimum atomic E-state index is -0.244. The lowest BCUT2D eigenvalue weighted by Gasteiger charge is -2.36. The van der Waals surface area contributed by atoms with E-state index in [1.807, 2.05) is 71.6 Å². The van der Waals surface area contributed by atoms with Crippen LogP contribution in [0.5, 0.6) is 11.5 Å². The van der Waals surface area contributed by atoms with E-state index in [0.717, 1.165) is 45.8 Å². The molecule has 0 saturated heterocycles. The maximum Gasteiger partial charge on any atom is 0.322 e. The van der Waals surface area contributed by atoms with Crippen LogP contribution in [0.25, 0.3) is 10.9 Å². The number of anilines is 1. The Morgan fingerprint density at radius 3 is 2.41 bits per heavy atom. The number of hydrogen-bond donors (Lipinski definition) is 2. The van der Waals surface area contributed by atoms with Gasteiger partial charge in [0.25, 0.3) is 0 Å². The average molecular weight is 428 g/mol. The highest BCUT2D eigenvalue weighted by Gasteiger charge is 2.34. The number of nitrogens with zero attached hydrogens (tertiary/aromatic N) is 1. The predicted octanol–water partition coefficient (Wildman–Crippen LogP) is 5.36. The van der Waals surface area contributed by atoms with E-state index in [1.54, 1.807) is 14.2 Å². The number of methoxy groups -OCH3 is 2. The third-order valence-corrected chi connectivity index (χ3v) is 6.05. The monoisotopic (exact) mass is 427 g/mol. The van der Waals surface area contributed by atoms with Crippen molar-refractivity contribution in [2.24, 2.45) is 0 Å². The molecule has 5 rings (SSSR count). The molecule has 1 aliphatic rings. The molecule has 0 radical (unpaired) electrons. The Morgan fingerprint density at radius 2 is 1.69 bits per heavy atom. The highest BCUT2D eigenvalue weighted by atomic mass is 16.5. The van der Waals surface area contributed by atoms with Crippen LogP contribution in [0.1, 0.15) is 22.9 Å². The van der Waals surface area contributed by atoms with E-state index >= 15 is 0 Å². The van der Waals surface area contributed by atoms with Crippen LogP contribution in [0.15, 0.2) is 72.8 Å². The van der Waals surface area contributed by atoms with Gasteiger partial charge >= 0.3 is 6.03 Å².